The number of fused-ring (bicyclic) bond motifs is 1. The van der Waals surface area contributed by atoms with Gasteiger partial charge in [-0.05, 0) is 35.7 Å². The molecule has 2 aromatic rings. The summed E-state index contributed by atoms with van der Waals surface area (Å²) in [6.07, 6.45) is 2.58. The Labute approximate surface area is 164 Å². The van der Waals surface area contributed by atoms with Crippen molar-refractivity contribution in [1.29, 1.82) is 0 Å². The molecule has 28 heavy (non-hydrogen) atoms. The second-order valence-electron chi connectivity index (χ2n) is 7.13. The summed E-state index contributed by atoms with van der Waals surface area (Å²) in [5, 5.41) is 2.95. The van der Waals surface area contributed by atoms with Crippen molar-refractivity contribution in [2.45, 2.75) is 26.3 Å². The SMILES string of the molecule is CC(C)[C@H](NC(=O)COC(=O)c1cccn1C)c1ccc2c(c1)OCCCO2. The summed E-state index contributed by atoms with van der Waals surface area (Å²) in [7, 11) is 1.75. The van der Waals surface area contributed by atoms with Gasteiger partial charge in [0.05, 0.1) is 19.3 Å². The van der Waals surface area contributed by atoms with Crippen molar-refractivity contribution in [2.24, 2.45) is 13.0 Å². The molecule has 150 valence electrons. The number of nitrogens with zero attached hydrogens (tertiary/aromatic N) is 1. The smallest absolute Gasteiger partial charge is 0.355 e. The van der Waals surface area contributed by atoms with Crippen molar-refractivity contribution < 1.29 is 23.8 Å². The second-order valence-corrected chi connectivity index (χ2v) is 7.13. The molecule has 0 unspecified atom stereocenters. The Hall–Kier alpha value is -2.96. The van der Waals surface area contributed by atoms with E-state index >= 15 is 0 Å². The molecule has 1 aromatic heterocycles. The molecule has 3 rings (SSSR count). The van der Waals surface area contributed by atoms with Crippen LogP contribution in [0.5, 0.6) is 11.5 Å². The first-order chi connectivity index (χ1) is 13.5. The first kappa shape index (κ1) is 19.8. The van der Waals surface area contributed by atoms with Crippen LogP contribution in [0.2, 0.25) is 0 Å². The van der Waals surface area contributed by atoms with Gasteiger partial charge in [-0.3, -0.25) is 4.79 Å². The lowest BCUT2D eigenvalue weighted by atomic mass is 9.95. The summed E-state index contributed by atoms with van der Waals surface area (Å²) in [5.41, 5.74) is 1.32. The highest BCUT2D eigenvalue weighted by Crippen LogP contribution is 2.34. The molecular formula is C21H26N2O5. The van der Waals surface area contributed by atoms with Gasteiger partial charge in [-0.1, -0.05) is 19.9 Å². The van der Waals surface area contributed by atoms with Gasteiger partial charge in [0.25, 0.3) is 5.91 Å². The van der Waals surface area contributed by atoms with Crippen LogP contribution in [0.1, 0.15) is 42.4 Å². The molecule has 1 aliphatic rings. The Morgan fingerprint density at radius 3 is 2.61 bits per heavy atom. The molecule has 0 saturated heterocycles. The number of hydrogen-bond donors (Lipinski definition) is 1. The standard InChI is InChI=1S/C21H26N2O5/c1-14(2)20(15-7-8-17-18(12-15)27-11-5-10-26-17)22-19(24)13-28-21(25)16-6-4-9-23(16)3/h4,6-9,12,14,20H,5,10-11,13H2,1-3H3,(H,22,24)/t20-/m0/s1. The Morgan fingerprint density at radius 1 is 1.18 bits per heavy atom. The lowest BCUT2D eigenvalue weighted by Gasteiger charge is -2.23. The summed E-state index contributed by atoms with van der Waals surface area (Å²) in [6.45, 7) is 4.93. The second kappa shape index (κ2) is 8.82. The van der Waals surface area contributed by atoms with Gasteiger partial charge in [-0.2, -0.15) is 0 Å². The van der Waals surface area contributed by atoms with Gasteiger partial charge in [-0.25, -0.2) is 4.79 Å². The molecule has 0 saturated carbocycles. The number of carbonyl (C=O) groups excluding carboxylic acids is 2. The number of esters is 1. The molecule has 0 fully saturated rings. The van der Waals surface area contributed by atoms with E-state index in [1.54, 1.807) is 29.9 Å². The Bertz CT molecular complexity index is 843. The van der Waals surface area contributed by atoms with Crippen LogP contribution in [0.4, 0.5) is 0 Å². The van der Waals surface area contributed by atoms with Gasteiger partial charge in [0.2, 0.25) is 0 Å². The zero-order valence-corrected chi connectivity index (χ0v) is 16.4. The van der Waals surface area contributed by atoms with Gasteiger partial charge in [-0.15, -0.1) is 0 Å². The van der Waals surface area contributed by atoms with Crippen LogP contribution < -0.4 is 14.8 Å². The Morgan fingerprint density at radius 2 is 1.93 bits per heavy atom. The summed E-state index contributed by atoms with van der Waals surface area (Å²) in [4.78, 5) is 24.4. The highest BCUT2D eigenvalue weighted by Gasteiger charge is 2.22. The van der Waals surface area contributed by atoms with Crippen LogP contribution in [0.15, 0.2) is 36.5 Å². The van der Waals surface area contributed by atoms with E-state index < -0.39 is 5.97 Å². The topological polar surface area (TPSA) is 78.8 Å². The molecule has 0 radical (unpaired) electrons. The third-order valence-electron chi connectivity index (χ3n) is 4.60. The van der Waals surface area contributed by atoms with Gasteiger partial charge >= 0.3 is 5.97 Å². The largest absolute Gasteiger partial charge is 0.490 e. The van der Waals surface area contributed by atoms with Crippen LogP contribution in [0.3, 0.4) is 0 Å². The maximum Gasteiger partial charge on any atom is 0.355 e. The van der Waals surface area contributed by atoms with E-state index in [0.717, 1.165) is 12.0 Å². The van der Waals surface area contributed by atoms with Gasteiger partial charge in [0.15, 0.2) is 18.1 Å². The van der Waals surface area contributed by atoms with E-state index in [2.05, 4.69) is 5.32 Å². The number of aromatic nitrogens is 1. The van der Waals surface area contributed by atoms with Gasteiger partial charge in [0.1, 0.15) is 5.69 Å². The lowest BCUT2D eigenvalue weighted by molar-refractivity contribution is -0.125. The minimum Gasteiger partial charge on any atom is -0.490 e. The lowest BCUT2D eigenvalue weighted by Crippen LogP contribution is -2.35. The Kier molecular flexibility index (Phi) is 6.23. The fourth-order valence-corrected chi connectivity index (χ4v) is 3.10. The summed E-state index contributed by atoms with van der Waals surface area (Å²) < 4.78 is 18.2. The average Bonchev–Trinajstić information content (AvgIpc) is 2.96. The first-order valence-corrected chi connectivity index (χ1v) is 9.43. The number of aryl methyl sites for hydroxylation is 1. The van der Waals surface area contributed by atoms with Crippen LogP contribution >= 0.6 is 0 Å². The molecule has 0 bridgehead atoms. The normalized spacial score (nSPS) is 14.3. The fourth-order valence-electron chi connectivity index (χ4n) is 3.10. The predicted octanol–water partition coefficient (Wildman–Crippen LogP) is 2.86. The maximum atomic E-state index is 12.4. The van der Waals surface area contributed by atoms with E-state index in [1.807, 2.05) is 32.0 Å². The molecular weight excluding hydrogens is 360 g/mol. The van der Waals surface area contributed by atoms with Crippen molar-refractivity contribution in [3.05, 3.63) is 47.8 Å². The van der Waals surface area contributed by atoms with Crippen LogP contribution in [-0.4, -0.2) is 36.3 Å². The summed E-state index contributed by atoms with van der Waals surface area (Å²) in [6, 6.07) is 8.85. The summed E-state index contributed by atoms with van der Waals surface area (Å²) >= 11 is 0. The van der Waals surface area contributed by atoms with Crippen molar-refractivity contribution in [2.75, 3.05) is 19.8 Å². The number of benzene rings is 1. The number of amides is 1. The third-order valence-corrected chi connectivity index (χ3v) is 4.60. The van der Waals surface area contributed by atoms with Gasteiger partial charge in [0, 0.05) is 19.7 Å². The van der Waals surface area contributed by atoms with Crippen molar-refractivity contribution in [1.82, 2.24) is 9.88 Å². The molecule has 1 atom stereocenters. The van der Waals surface area contributed by atoms with E-state index in [1.165, 1.54) is 0 Å². The van der Waals surface area contributed by atoms with E-state index in [4.69, 9.17) is 14.2 Å². The molecule has 0 aliphatic carbocycles. The zero-order valence-electron chi connectivity index (χ0n) is 16.4. The number of nitrogens with one attached hydrogen (secondary N) is 1. The highest BCUT2D eigenvalue weighted by molar-refractivity contribution is 5.90. The molecule has 7 heteroatoms. The zero-order chi connectivity index (χ0) is 20.1. The number of carbonyl (C=O) groups is 2. The van der Waals surface area contributed by atoms with E-state index in [9.17, 15) is 9.59 Å². The first-order valence-electron chi connectivity index (χ1n) is 9.43. The molecule has 1 N–H and O–H groups in total. The van der Waals surface area contributed by atoms with Crippen molar-refractivity contribution >= 4 is 11.9 Å². The maximum absolute atomic E-state index is 12.4. The van der Waals surface area contributed by atoms with Crippen molar-refractivity contribution in [3.63, 3.8) is 0 Å². The number of rotatable bonds is 6. The Balaban J connectivity index is 1.64. The van der Waals surface area contributed by atoms with Crippen molar-refractivity contribution in [3.8, 4) is 11.5 Å². The summed E-state index contributed by atoms with van der Waals surface area (Å²) in [5.74, 6) is 0.654. The van der Waals surface area contributed by atoms with E-state index in [0.29, 0.717) is 30.4 Å². The molecule has 1 aliphatic heterocycles. The van der Waals surface area contributed by atoms with Crippen LogP contribution in [0.25, 0.3) is 0 Å². The predicted molar refractivity (Wildman–Crippen MR) is 103 cm³/mol. The average molecular weight is 386 g/mol. The molecule has 1 aromatic carbocycles. The minimum absolute atomic E-state index is 0.136. The quantitative estimate of drug-likeness (QED) is 0.773. The van der Waals surface area contributed by atoms with Crippen LogP contribution in [0, 0.1) is 5.92 Å². The molecule has 0 spiro atoms. The number of ether oxygens (including phenoxy) is 3. The molecule has 2 heterocycles. The minimum atomic E-state index is -0.528. The molecule has 1 amide bonds. The monoisotopic (exact) mass is 386 g/mol. The van der Waals surface area contributed by atoms with E-state index in [-0.39, 0.29) is 24.5 Å². The number of hydrogen-bond acceptors (Lipinski definition) is 5. The van der Waals surface area contributed by atoms with Crippen LogP contribution in [-0.2, 0) is 16.6 Å². The molecule has 7 nitrogen and oxygen atoms in total. The van der Waals surface area contributed by atoms with Gasteiger partial charge < -0.3 is 24.1 Å². The fraction of sp³-hybridized carbons (Fsp3) is 0.429. The highest BCUT2D eigenvalue weighted by atomic mass is 16.5. The third kappa shape index (κ3) is 4.65.